The lowest BCUT2D eigenvalue weighted by Gasteiger charge is -2.09. The predicted molar refractivity (Wildman–Crippen MR) is 71.7 cm³/mol. The second-order valence-corrected chi connectivity index (χ2v) is 7.89. The fourth-order valence-corrected chi connectivity index (χ4v) is 3.35. The molecule has 0 bridgehead atoms. The van der Waals surface area contributed by atoms with Crippen LogP contribution in [0.2, 0.25) is 0 Å². The number of primary sulfonamides is 1. The van der Waals surface area contributed by atoms with E-state index in [-0.39, 0.29) is 15.1 Å². The molecule has 0 aliphatic carbocycles. The van der Waals surface area contributed by atoms with Crippen molar-refractivity contribution in [2.45, 2.75) is 4.90 Å². The molecule has 0 atom stereocenters. The van der Waals surface area contributed by atoms with Crippen molar-refractivity contribution in [2.24, 2.45) is 5.14 Å². The lowest BCUT2D eigenvalue weighted by atomic mass is 10.3. The van der Waals surface area contributed by atoms with Gasteiger partial charge in [0, 0.05) is 6.54 Å². The van der Waals surface area contributed by atoms with Crippen LogP contribution in [0.3, 0.4) is 0 Å². The van der Waals surface area contributed by atoms with E-state index in [0.717, 1.165) is 12.1 Å². The molecule has 0 spiro atoms. The van der Waals surface area contributed by atoms with E-state index in [1.54, 1.807) is 0 Å². The molecule has 1 rings (SSSR count). The largest absolute Gasteiger partial charge is 0.398 e. The van der Waals surface area contributed by atoms with Crippen molar-refractivity contribution in [3.63, 3.8) is 0 Å². The summed E-state index contributed by atoms with van der Waals surface area (Å²) in [7, 11) is -7.83. The van der Waals surface area contributed by atoms with Gasteiger partial charge in [-0.2, -0.15) is 0 Å². The lowest BCUT2D eigenvalue weighted by Crippen LogP contribution is -2.32. The van der Waals surface area contributed by atoms with Crippen molar-refractivity contribution >= 4 is 41.7 Å². The molecule has 0 unspecified atom stereocenters. The second-order valence-electron chi connectivity index (χ2n) is 3.57. The summed E-state index contributed by atoms with van der Waals surface area (Å²) in [4.78, 5) is -0.352. The molecule has 0 aromatic heterocycles. The third-order valence-electron chi connectivity index (χ3n) is 2.02. The van der Waals surface area contributed by atoms with Gasteiger partial charge in [0.15, 0.2) is 0 Å². The van der Waals surface area contributed by atoms with Crippen LogP contribution in [0.4, 0.5) is 10.1 Å². The molecule has 0 fully saturated rings. The SMILES string of the molecule is Nc1cc(F)c(Br)cc1S(=O)(=O)NCCS(N)(=O)=O. The smallest absolute Gasteiger partial charge is 0.242 e. The second kappa shape index (κ2) is 5.71. The van der Waals surface area contributed by atoms with Gasteiger partial charge >= 0.3 is 0 Å². The summed E-state index contributed by atoms with van der Waals surface area (Å²) in [5.41, 5.74) is 5.12. The quantitative estimate of drug-likeness (QED) is 0.609. The Morgan fingerprint density at radius 1 is 1.26 bits per heavy atom. The summed E-state index contributed by atoms with van der Waals surface area (Å²) in [6.07, 6.45) is 0. The van der Waals surface area contributed by atoms with Gasteiger partial charge in [-0.05, 0) is 28.1 Å². The van der Waals surface area contributed by atoms with Crippen molar-refractivity contribution in [1.29, 1.82) is 0 Å². The first-order valence-electron chi connectivity index (χ1n) is 4.77. The van der Waals surface area contributed by atoms with E-state index in [1.165, 1.54) is 0 Å². The van der Waals surface area contributed by atoms with Crippen LogP contribution in [0.5, 0.6) is 0 Å². The minimum atomic E-state index is -4.04. The van der Waals surface area contributed by atoms with E-state index in [2.05, 4.69) is 15.9 Å². The first-order chi connectivity index (χ1) is 8.53. The highest BCUT2D eigenvalue weighted by atomic mass is 79.9. The number of anilines is 1. The number of hydrogen-bond acceptors (Lipinski definition) is 5. The van der Waals surface area contributed by atoms with Gasteiger partial charge in [0.1, 0.15) is 10.7 Å². The van der Waals surface area contributed by atoms with E-state index in [1.807, 2.05) is 4.72 Å². The highest BCUT2D eigenvalue weighted by Crippen LogP contribution is 2.25. The summed E-state index contributed by atoms with van der Waals surface area (Å²) in [5, 5.41) is 4.73. The molecular weight excluding hydrogens is 365 g/mol. The van der Waals surface area contributed by atoms with Crippen LogP contribution in [0.15, 0.2) is 21.5 Å². The standard InChI is InChI=1S/C8H11BrFN3O4S2/c9-5-3-8(7(11)4-6(5)10)19(16,17)13-1-2-18(12,14)15/h3-4,13H,1-2,11H2,(H2,12,14,15). The number of hydrogen-bond donors (Lipinski definition) is 3. The molecule has 19 heavy (non-hydrogen) atoms. The van der Waals surface area contributed by atoms with Gasteiger partial charge in [-0.15, -0.1) is 0 Å². The summed E-state index contributed by atoms with van der Waals surface area (Å²) >= 11 is 2.83. The Balaban J connectivity index is 2.98. The van der Waals surface area contributed by atoms with Crippen LogP contribution in [0.25, 0.3) is 0 Å². The van der Waals surface area contributed by atoms with E-state index in [9.17, 15) is 21.2 Å². The van der Waals surface area contributed by atoms with Gasteiger partial charge in [-0.25, -0.2) is 31.1 Å². The molecule has 5 N–H and O–H groups in total. The molecule has 0 amide bonds. The van der Waals surface area contributed by atoms with Gasteiger partial charge < -0.3 is 5.73 Å². The molecule has 108 valence electrons. The van der Waals surface area contributed by atoms with E-state index >= 15 is 0 Å². The summed E-state index contributed by atoms with van der Waals surface area (Å²) in [6.45, 7) is -0.407. The summed E-state index contributed by atoms with van der Waals surface area (Å²) < 4.78 is 60.1. The third kappa shape index (κ3) is 4.69. The van der Waals surface area contributed by atoms with E-state index in [4.69, 9.17) is 10.9 Å². The van der Waals surface area contributed by atoms with Crippen LogP contribution in [-0.4, -0.2) is 29.1 Å². The topological polar surface area (TPSA) is 132 Å². The van der Waals surface area contributed by atoms with E-state index < -0.39 is 38.2 Å². The van der Waals surface area contributed by atoms with Crippen molar-refractivity contribution in [2.75, 3.05) is 18.0 Å². The maximum Gasteiger partial charge on any atom is 0.242 e. The van der Waals surface area contributed by atoms with Gasteiger partial charge in [-0.1, -0.05) is 0 Å². The zero-order chi connectivity index (χ0) is 14.8. The number of benzene rings is 1. The minimum Gasteiger partial charge on any atom is -0.398 e. The van der Waals surface area contributed by atoms with Crippen LogP contribution >= 0.6 is 15.9 Å². The van der Waals surface area contributed by atoms with Crippen molar-refractivity contribution < 1.29 is 21.2 Å². The molecule has 0 heterocycles. The molecule has 0 saturated heterocycles. The number of nitrogen functional groups attached to an aromatic ring is 1. The summed E-state index contributed by atoms with van der Waals surface area (Å²) in [6, 6.07) is 1.84. The molecule has 7 nitrogen and oxygen atoms in total. The van der Waals surface area contributed by atoms with Crippen LogP contribution < -0.4 is 15.6 Å². The van der Waals surface area contributed by atoms with Gasteiger partial charge in [0.05, 0.1) is 15.9 Å². The highest BCUT2D eigenvalue weighted by Gasteiger charge is 2.20. The van der Waals surface area contributed by atoms with Gasteiger partial charge in [-0.3, -0.25) is 0 Å². The maximum absolute atomic E-state index is 13.1. The Hall–Kier alpha value is -0.750. The van der Waals surface area contributed by atoms with Crippen LogP contribution in [0, 0.1) is 5.82 Å². The molecule has 11 heteroatoms. The summed E-state index contributed by atoms with van der Waals surface area (Å²) in [5.74, 6) is -1.27. The molecular formula is C8H11BrFN3O4S2. The average Bonchev–Trinajstić information content (AvgIpc) is 2.20. The predicted octanol–water partition coefficient (Wildman–Crippen LogP) is -0.263. The normalized spacial score (nSPS) is 12.6. The highest BCUT2D eigenvalue weighted by molar-refractivity contribution is 9.10. The third-order valence-corrected chi connectivity index (χ3v) is 4.92. The zero-order valence-electron chi connectivity index (χ0n) is 9.43. The van der Waals surface area contributed by atoms with Crippen molar-refractivity contribution in [3.8, 4) is 0 Å². The number of nitrogens with one attached hydrogen (secondary N) is 1. The Bertz CT molecular complexity index is 690. The maximum atomic E-state index is 13.1. The molecule has 0 radical (unpaired) electrons. The van der Waals surface area contributed by atoms with E-state index in [0.29, 0.717) is 0 Å². The van der Waals surface area contributed by atoms with Crippen molar-refractivity contribution in [3.05, 3.63) is 22.4 Å². The van der Waals surface area contributed by atoms with Gasteiger partial charge in [0.25, 0.3) is 0 Å². The number of nitrogens with two attached hydrogens (primary N) is 2. The zero-order valence-corrected chi connectivity index (χ0v) is 12.6. The Labute approximate surface area is 118 Å². The number of halogens is 2. The van der Waals surface area contributed by atoms with Gasteiger partial charge in [0.2, 0.25) is 20.0 Å². The monoisotopic (exact) mass is 375 g/mol. The van der Waals surface area contributed by atoms with Crippen LogP contribution in [0.1, 0.15) is 0 Å². The number of rotatable bonds is 5. The Kier molecular flexibility index (Phi) is 4.90. The molecule has 1 aromatic carbocycles. The van der Waals surface area contributed by atoms with Crippen molar-refractivity contribution in [1.82, 2.24) is 4.72 Å². The van der Waals surface area contributed by atoms with Crippen LogP contribution in [-0.2, 0) is 20.0 Å². The Morgan fingerprint density at radius 2 is 1.84 bits per heavy atom. The fourth-order valence-electron chi connectivity index (χ4n) is 1.17. The number of sulfonamides is 2. The minimum absolute atomic E-state index is 0.0754. The first-order valence-corrected chi connectivity index (χ1v) is 8.77. The fraction of sp³-hybridized carbons (Fsp3) is 0.250. The molecule has 1 aromatic rings. The average molecular weight is 376 g/mol. The first kappa shape index (κ1) is 16.3. The lowest BCUT2D eigenvalue weighted by molar-refractivity contribution is 0.581. The molecule has 0 aliphatic rings. The molecule has 0 saturated carbocycles. The Morgan fingerprint density at radius 3 is 2.37 bits per heavy atom. The molecule has 0 aliphatic heterocycles.